The van der Waals surface area contributed by atoms with Crippen LogP contribution in [-0.2, 0) is 6.42 Å². The van der Waals surface area contributed by atoms with Crippen molar-refractivity contribution in [3.05, 3.63) is 56.4 Å². The predicted molar refractivity (Wildman–Crippen MR) is 83.3 cm³/mol. The normalized spacial score (nSPS) is 15.2. The molecule has 3 rings (SSSR count). The molecule has 0 heterocycles. The molecular weight excluding hydrogens is 422 g/mol. The van der Waals surface area contributed by atoms with Crippen molar-refractivity contribution in [2.45, 2.75) is 12.3 Å². The number of Topliss-reactive ketones (excluding diaryl/α,β-unsaturated/α-hetero) is 1. The molecule has 1 aliphatic carbocycles. The molecule has 2 aromatic carbocycles. The Hall–Kier alpha value is -2.08. The molecule has 0 saturated heterocycles. The summed E-state index contributed by atoms with van der Waals surface area (Å²) in [5, 5.41) is 8.83. The third-order valence-corrected chi connectivity index (χ3v) is 4.30. The summed E-state index contributed by atoms with van der Waals surface area (Å²) in [5.41, 5.74) is 0.0724. The molecule has 0 aromatic heterocycles. The second kappa shape index (κ2) is 5.53. The van der Waals surface area contributed by atoms with Crippen LogP contribution in [0.1, 0.15) is 21.5 Å². The molecule has 0 amide bonds. The number of fused-ring (bicyclic) bond motifs is 1. The summed E-state index contributed by atoms with van der Waals surface area (Å²) in [6.07, 6.45) is -0.756. The minimum atomic E-state index is -3.47. The number of nitrogens with zero attached hydrogens (tertiary/aromatic N) is 1. The SMILES string of the molecule is N#Cc1cc(F)cc(Oc2ccc(I)c3c2CC(F)(F)C3=O)c1. The first-order valence-corrected chi connectivity index (χ1v) is 7.52. The van der Waals surface area contributed by atoms with E-state index in [0.717, 1.165) is 12.1 Å². The molecule has 0 fully saturated rings. The molecule has 0 N–H and O–H groups in total. The molecule has 0 bridgehead atoms. The number of ketones is 1. The Morgan fingerprint density at radius 1 is 1.26 bits per heavy atom. The second-order valence-electron chi connectivity index (χ2n) is 5.00. The van der Waals surface area contributed by atoms with Gasteiger partial charge in [-0.2, -0.15) is 14.0 Å². The van der Waals surface area contributed by atoms with Gasteiger partial charge < -0.3 is 4.74 Å². The van der Waals surface area contributed by atoms with Gasteiger partial charge in [-0.25, -0.2) is 4.39 Å². The molecule has 0 radical (unpaired) electrons. The van der Waals surface area contributed by atoms with Gasteiger partial charge >= 0.3 is 5.92 Å². The van der Waals surface area contributed by atoms with E-state index in [1.54, 1.807) is 6.07 Å². The lowest BCUT2D eigenvalue weighted by Gasteiger charge is -2.11. The van der Waals surface area contributed by atoms with E-state index in [4.69, 9.17) is 10.00 Å². The van der Waals surface area contributed by atoms with E-state index in [1.165, 1.54) is 18.2 Å². The molecule has 0 atom stereocenters. The number of hydrogen-bond acceptors (Lipinski definition) is 3. The third-order valence-electron chi connectivity index (χ3n) is 3.41. The van der Waals surface area contributed by atoms with Crippen molar-refractivity contribution in [1.82, 2.24) is 0 Å². The van der Waals surface area contributed by atoms with Gasteiger partial charge in [-0.15, -0.1) is 0 Å². The minimum absolute atomic E-state index is 0.00706. The van der Waals surface area contributed by atoms with Crippen LogP contribution in [0.3, 0.4) is 0 Å². The highest BCUT2D eigenvalue weighted by Crippen LogP contribution is 2.42. The van der Waals surface area contributed by atoms with Crippen LogP contribution in [0, 0.1) is 20.7 Å². The van der Waals surface area contributed by atoms with E-state index >= 15 is 0 Å². The van der Waals surface area contributed by atoms with E-state index in [2.05, 4.69) is 0 Å². The number of halogens is 4. The summed E-state index contributed by atoms with van der Waals surface area (Å²) >= 11 is 1.81. The first-order chi connectivity index (χ1) is 10.8. The molecule has 116 valence electrons. The lowest BCUT2D eigenvalue weighted by atomic mass is 10.1. The average molecular weight is 429 g/mol. The molecule has 3 nitrogen and oxygen atoms in total. The summed E-state index contributed by atoms with van der Waals surface area (Å²) in [5.74, 6) is -5.32. The lowest BCUT2D eigenvalue weighted by molar-refractivity contribution is 0.0166. The maximum atomic E-state index is 13.7. The zero-order chi connectivity index (χ0) is 16.8. The zero-order valence-corrected chi connectivity index (χ0v) is 13.5. The largest absolute Gasteiger partial charge is 0.457 e. The number of benzene rings is 2. The molecular formula is C16H7F3INO2. The Bertz CT molecular complexity index is 874. The van der Waals surface area contributed by atoms with Crippen LogP contribution in [0.15, 0.2) is 30.3 Å². The Morgan fingerprint density at radius 2 is 2.00 bits per heavy atom. The highest BCUT2D eigenvalue weighted by atomic mass is 127. The number of carbonyl (C=O) groups is 1. The monoisotopic (exact) mass is 429 g/mol. The van der Waals surface area contributed by atoms with Crippen molar-refractivity contribution in [3.8, 4) is 17.6 Å². The number of hydrogen-bond donors (Lipinski definition) is 0. The van der Waals surface area contributed by atoms with Crippen molar-refractivity contribution < 1.29 is 22.7 Å². The molecule has 7 heteroatoms. The Kier molecular flexibility index (Phi) is 3.80. The minimum Gasteiger partial charge on any atom is -0.457 e. The lowest BCUT2D eigenvalue weighted by Crippen LogP contribution is -2.24. The van der Waals surface area contributed by atoms with Gasteiger partial charge in [0, 0.05) is 27.2 Å². The quantitative estimate of drug-likeness (QED) is 0.663. The van der Waals surface area contributed by atoms with Crippen molar-refractivity contribution in [3.63, 3.8) is 0 Å². The first-order valence-electron chi connectivity index (χ1n) is 6.44. The van der Waals surface area contributed by atoms with E-state index in [-0.39, 0.29) is 28.2 Å². The van der Waals surface area contributed by atoms with Crippen molar-refractivity contribution in [1.29, 1.82) is 5.26 Å². The van der Waals surface area contributed by atoms with Crippen LogP contribution < -0.4 is 4.74 Å². The number of rotatable bonds is 2. The number of nitriles is 1. The molecule has 0 spiro atoms. The molecule has 23 heavy (non-hydrogen) atoms. The number of carbonyl (C=O) groups excluding carboxylic acids is 1. The molecule has 1 aliphatic rings. The number of ether oxygens (including phenoxy) is 1. The second-order valence-corrected chi connectivity index (χ2v) is 6.16. The van der Waals surface area contributed by atoms with E-state index in [0.29, 0.717) is 3.57 Å². The Balaban J connectivity index is 2.06. The fourth-order valence-corrected chi connectivity index (χ4v) is 3.17. The summed E-state index contributed by atoms with van der Waals surface area (Å²) in [6.45, 7) is 0. The van der Waals surface area contributed by atoms with E-state index in [9.17, 15) is 18.0 Å². The van der Waals surface area contributed by atoms with Crippen LogP contribution in [0.2, 0.25) is 0 Å². The summed E-state index contributed by atoms with van der Waals surface area (Å²) in [6, 6.07) is 8.08. The fourth-order valence-electron chi connectivity index (χ4n) is 2.42. The van der Waals surface area contributed by atoms with Crippen LogP contribution in [0.25, 0.3) is 0 Å². The smallest absolute Gasteiger partial charge is 0.313 e. The van der Waals surface area contributed by atoms with Gasteiger partial charge in [0.1, 0.15) is 17.3 Å². The van der Waals surface area contributed by atoms with Crippen molar-refractivity contribution in [2.24, 2.45) is 0 Å². The van der Waals surface area contributed by atoms with Gasteiger partial charge in [-0.05, 0) is 46.9 Å². The van der Waals surface area contributed by atoms with Gasteiger partial charge in [-0.3, -0.25) is 4.79 Å². The third kappa shape index (κ3) is 2.79. The summed E-state index contributed by atoms with van der Waals surface area (Å²) < 4.78 is 46.7. The van der Waals surface area contributed by atoms with Crippen LogP contribution in [0.4, 0.5) is 13.2 Å². The molecule has 2 aromatic rings. The van der Waals surface area contributed by atoms with E-state index in [1.807, 2.05) is 22.6 Å². The average Bonchev–Trinajstić information content (AvgIpc) is 2.73. The first kappa shape index (κ1) is 15.8. The predicted octanol–water partition coefficient (Wildman–Crippen LogP) is 4.47. The summed E-state index contributed by atoms with van der Waals surface area (Å²) in [4.78, 5) is 11.8. The zero-order valence-electron chi connectivity index (χ0n) is 11.4. The van der Waals surface area contributed by atoms with Gasteiger partial charge in [-0.1, -0.05) is 0 Å². The van der Waals surface area contributed by atoms with Gasteiger partial charge in [0.15, 0.2) is 0 Å². The van der Waals surface area contributed by atoms with Crippen LogP contribution in [-0.4, -0.2) is 11.7 Å². The van der Waals surface area contributed by atoms with Gasteiger partial charge in [0.25, 0.3) is 0 Å². The standard InChI is InChI=1S/C16H7F3INO2/c17-9-3-8(7-21)4-10(5-9)23-13-2-1-12(20)14-11(13)6-16(18,19)15(14)22/h1-5H,6H2. The van der Waals surface area contributed by atoms with Crippen LogP contribution in [0.5, 0.6) is 11.5 Å². The number of alkyl halides is 2. The highest BCUT2D eigenvalue weighted by Gasteiger charge is 2.49. The molecule has 0 saturated carbocycles. The van der Waals surface area contributed by atoms with Crippen molar-refractivity contribution >= 4 is 28.4 Å². The molecule has 0 aliphatic heterocycles. The van der Waals surface area contributed by atoms with Gasteiger partial charge in [0.05, 0.1) is 11.6 Å². The van der Waals surface area contributed by atoms with E-state index < -0.39 is 23.9 Å². The van der Waals surface area contributed by atoms with Crippen LogP contribution >= 0.6 is 22.6 Å². The highest BCUT2D eigenvalue weighted by molar-refractivity contribution is 14.1. The molecule has 0 unspecified atom stereocenters. The Labute approximate surface area is 142 Å². The summed E-state index contributed by atoms with van der Waals surface area (Å²) in [7, 11) is 0. The van der Waals surface area contributed by atoms with Crippen molar-refractivity contribution in [2.75, 3.05) is 0 Å². The topological polar surface area (TPSA) is 50.1 Å². The fraction of sp³-hybridized carbons (Fsp3) is 0.125. The maximum absolute atomic E-state index is 13.7. The Morgan fingerprint density at radius 3 is 2.70 bits per heavy atom. The maximum Gasteiger partial charge on any atom is 0.313 e. The van der Waals surface area contributed by atoms with Gasteiger partial charge in [0.2, 0.25) is 5.78 Å².